The number of hydrogen-bond donors (Lipinski definition) is 0. The second-order valence-corrected chi connectivity index (χ2v) is 6.09. The Bertz CT molecular complexity index is 595. The van der Waals surface area contributed by atoms with Crippen LogP contribution in [-0.2, 0) is 0 Å². The molecule has 1 unspecified atom stereocenters. The van der Waals surface area contributed by atoms with Crippen LogP contribution in [0.3, 0.4) is 0 Å². The van der Waals surface area contributed by atoms with Gasteiger partial charge >= 0.3 is 0 Å². The lowest BCUT2D eigenvalue weighted by Crippen LogP contribution is -1.98. The average molecular weight is 293 g/mol. The summed E-state index contributed by atoms with van der Waals surface area (Å²) in [6.45, 7) is 8.32. The molecule has 0 nitrogen and oxygen atoms in total. The Morgan fingerprint density at radius 3 is 1.89 bits per heavy atom. The van der Waals surface area contributed by atoms with Crippen molar-refractivity contribution in [2.24, 2.45) is 0 Å². The lowest BCUT2D eigenvalue weighted by atomic mass is 9.97. The fourth-order valence-electron chi connectivity index (χ4n) is 2.33. The number of alkyl halides is 1. The van der Waals surface area contributed by atoms with Crippen molar-refractivity contribution in [3.05, 3.63) is 68.7 Å². The van der Waals surface area contributed by atoms with E-state index in [0.717, 1.165) is 16.1 Å². The van der Waals surface area contributed by atoms with E-state index in [-0.39, 0.29) is 5.38 Å². The third-order valence-electron chi connectivity index (χ3n) is 3.42. The molecule has 2 aromatic carbocycles. The Kier molecular flexibility index (Phi) is 4.23. The second-order valence-electron chi connectivity index (χ2n) is 5.24. The van der Waals surface area contributed by atoms with E-state index in [0.29, 0.717) is 0 Å². The molecule has 2 heteroatoms. The maximum absolute atomic E-state index is 6.62. The first-order chi connectivity index (χ1) is 8.88. The predicted octanol–water partition coefficient (Wildman–Crippen LogP) is 5.90. The number of rotatable bonds is 2. The summed E-state index contributed by atoms with van der Waals surface area (Å²) in [5, 5.41) is 0.535. The third kappa shape index (κ3) is 3.13. The van der Waals surface area contributed by atoms with Crippen LogP contribution >= 0.6 is 23.2 Å². The van der Waals surface area contributed by atoms with Gasteiger partial charge in [0.15, 0.2) is 0 Å². The van der Waals surface area contributed by atoms with Crippen LogP contribution in [0.15, 0.2) is 30.3 Å². The van der Waals surface area contributed by atoms with Crippen molar-refractivity contribution >= 4 is 23.2 Å². The molecule has 0 amide bonds. The predicted molar refractivity (Wildman–Crippen MR) is 84.5 cm³/mol. The van der Waals surface area contributed by atoms with E-state index < -0.39 is 0 Å². The summed E-state index contributed by atoms with van der Waals surface area (Å²) in [5.41, 5.74) is 6.94. The highest BCUT2D eigenvalue weighted by molar-refractivity contribution is 6.33. The standard InChI is InChI=1S/C17H18Cl2/c1-10-5-11(2)7-14(6-10)17(19)15-8-12(3)13(4)9-16(15)18/h5-9,17H,1-4H3. The van der Waals surface area contributed by atoms with E-state index in [1.54, 1.807) is 0 Å². The molecule has 0 bridgehead atoms. The molecule has 1 atom stereocenters. The highest BCUT2D eigenvalue weighted by atomic mass is 35.5. The topological polar surface area (TPSA) is 0 Å². The van der Waals surface area contributed by atoms with Gasteiger partial charge in [0.05, 0.1) is 5.38 Å². The average Bonchev–Trinajstić information content (AvgIpc) is 2.31. The molecule has 100 valence electrons. The summed E-state index contributed by atoms with van der Waals surface area (Å²) in [4.78, 5) is 0. The molecule has 0 aromatic heterocycles. The van der Waals surface area contributed by atoms with Crippen molar-refractivity contribution in [2.75, 3.05) is 0 Å². The highest BCUT2D eigenvalue weighted by Gasteiger charge is 2.16. The quantitative estimate of drug-likeness (QED) is 0.604. The normalized spacial score (nSPS) is 12.5. The van der Waals surface area contributed by atoms with Crippen LogP contribution in [0.25, 0.3) is 0 Å². The molecule has 2 aromatic rings. The molecule has 0 heterocycles. The smallest absolute Gasteiger partial charge is 0.0850 e. The largest absolute Gasteiger partial charge is 0.113 e. The van der Waals surface area contributed by atoms with E-state index in [2.05, 4.69) is 52.0 Å². The summed E-state index contributed by atoms with van der Waals surface area (Å²) in [6.07, 6.45) is 0. The molecule has 0 fully saturated rings. The van der Waals surface area contributed by atoms with Crippen molar-refractivity contribution in [1.29, 1.82) is 0 Å². The minimum absolute atomic E-state index is 0.203. The van der Waals surface area contributed by atoms with Gasteiger partial charge in [0, 0.05) is 5.02 Å². The monoisotopic (exact) mass is 292 g/mol. The zero-order valence-corrected chi connectivity index (χ0v) is 13.2. The summed E-state index contributed by atoms with van der Waals surface area (Å²) < 4.78 is 0. The van der Waals surface area contributed by atoms with E-state index in [4.69, 9.17) is 23.2 Å². The van der Waals surface area contributed by atoms with Crippen LogP contribution in [0.5, 0.6) is 0 Å². The highest BCUT2D eigenvalue weighted by Crippen LogP contribution is 2.35. The summed E-state index contributed by atoms with van der Waals surface area (Å²) in [5.74, 6) is 0. The minimum atomic E-state index is -0.203. The van der Waals surface area contributed by atoms with Crippen molar-refractivity contribution < 1.29 is 0 Å². The van der Waals surface area contributed by atoms with Crippen LogP contribution < -0.4 is 0 Å². The molecule has 0 N–H and O–H groups in total. The SMILES string of the molecule is Cc1cc(C)cc(C(Cl)c2cc(C)c(C)cc2Cl)c1. The Hall–Kier alpha value is -0.980. The fraction of sp³-hybridized carbons (Fsp3) is 0.294. The van der Waals surface area contributed by atoms with Crippen molar-refractivity contribution in [3.8, 4) is 0 Å². The van der Waals surface area contributed by atoms with Gasteiger partial charge in [-0.25, -0.2) is 0 Å². The Morgan fingerprint density at radius 1 is 0.789 bits per heavy atom. The van der Waals surface area contributed by atoms with E-state index in [1.807, 2.05) is 6.07 Å². The van der Waals surface area contributed by atoms with Crippen molar-refractivity contribution in [3.63, 3.8) is 0 Å². The van der Waals surface area contributed by atoms with Gasteiger partial charge < -0.3 is 0 Å². The summed E-state index contributed by atoms with van der Waals surface area (Å²) in [7, 11) is 0. The molecule has 0 saturated carbocycles. The minimum Gasteiger partial charge on any atom is -0.113 e. The maximum atomic E-state index is 6.62. The molecule has 19 heavy (non-hydrogen) atoms. The number of aryl methyl sites for hydroxylation is 4. The number of hydrogen-bond acceptors (Lipinski definition) is 0. The van der Waals surface area contributed by atoms with Gasteiger partial charge in [-0.15, -0.1) is 11.6 Å². The number of halogens is 2. The summed E-state index contributed by atoms with van der Waals surface area (Å²) in [6, 6.07) is 10.5. The fourth-order valence-corrected chi connectivity index (χ4v) is 3.02. The third-order valence-corrected chi connectivity index (χ3v) is 4.24. The first-order valence-corrected chi connectivity index (χ1v) is 7.19. The molecular formula is C17H18Cl2. The second kappa shape index (κ2) is 5.56. The molecule has 0 aliphatic rings. The molecule has 0 spiro atoms. The molecular weight excluding hydrogens is 275 g/mol. The van der Waals surface area contributed by atoms with E-state index in [1.165, 1.54) is 22.3 Å². The Labute approximate surface area is 125 Å². The molecule has 0 saturated heterocycles. The first kappa shape index (κ1) is 14.4. The molecule has 0 aliphatic heterocycles. The number of benzene rings is 2. The van der Waals surface area contributed by atoms with Crippen LogP contribution in [0.4, 0.5) is 0 Å². The molecule has 2 rings (SSSR count). The van der Waals surface area contributed by atoms with Gasteiger partial charge in [0.25, 0.3) is 0 Å². The van der Waals surface area contributed by atoms with E-state index >= 15 is 0 Å². The van der Waals surface area contributed by atoms with Gasteiger partial charge in [-0.1, -0.05) is 47.0 Å². The van der Waals surface area contributed by atoms with Gasteiger partial charge in [-0.3, -0.25) is 0 Å². The van der Waals surface area contributed by atoms with Gasteiger partial charge in [-0.05, 0) is 56.0 Å². The van der Waals surface area contributed by atoms with Gasteiger partial charge in [0.1, 0.15) is 0 Å². The van der Waals surface area contributed by atoms with Gasteiger partial charge in [0.2, 0.25) is 0 Å². The lowest BCUT2D eigenvalue weighted by Gasteiger charge is -2.15. The van der Waals surface area contributed by atoms with Crippen LogP contribution in [0, 0.1) is 27.7 Å². The maximum Gasteiger partial charge on any atom is 0.0850 e. The lowest BCUT2D eigenvalue weighted by molar-refractivity contribution is 1.11. The Balaban J connectivity index is 2.49. The zero-order valence-electron chi connectivity index (χ0n) is 11.7. The molecule has 0 aliphatic carbocycles. The van der Waals surface area contributed by atoms with Crippen LogP contribution in [-0.4, -0.2) is 0 Å². The summed E-state index contributed by atoms with van der Waals surface area (Å²) >= 11 is 13.0. The first-order valence-electron chi connectivity index (χ1n) is 6.37. The van der Waals surface area contributed by atoms with Crippen LogP contribution in [0.2, 0.25) is 5.02 Å². The van der Waals surface area contributed by atoms with E-state index in [9.17, 15) is 0 Å². The van der Waals surface area contributed by atoms with Crippen LogP contribution in [0.1, 0.15) is 38.8 Å². The zero-order chi connectivity index (χ0) is 14.2. The Morgan fingerprint density at radius 2 is 1.32 bits per heavy atom. The van der Waals surface area contributed by atoms with Crippen molar-refractivity contribution in [2.45, 2.75) is 33.1 Å². The molecule has 0 radical (unpaired) electrons. The van der Waals surface area contributed by atoms with Gasteiger partial charge in [-0.2, -0.15) is 0 Å². The van der Waals surface area contributed by atoms with Crippen molar-refractivity contribution in [1.82, 2.24) is 0 Å².